The summed E-state index contributed by atoms with van der Waals surface area (Å²) in [5.41, 5.74) is 0.358. The summed E-state index contributed by atoms with van der Waals surface area (Å²) in [5.74, 6) is 0.790. The van der Waals surface area contributed by atoms with Gasteiger partial charge in [0.05, 0.1) is 0 Å². The van der Waals surface area contributed by atoms with Gasteiger partial charge in [-0.1, -0.05) is 59.8 Å². The first-order chi connectivity index (χ1) is 8.10. The Morgan fingerprint density at radius 3 is 2.18 bits per heavy atom. The van der Waals surface area contributed by atoms with Gasteiger partial charge in [0.1, 0.15) is 0 Å². The van der Waals surface area contributed by atoms with Gasteiger partial charge in [-0.15, -0.1) is 0 Å². The molecule has 0 aromatic carbocycles. The highest BCUT2D eigenvalue weighted by Crippen LogP contribution is 2.26. The number of unbranched alkanes of at least 4 members (excludes halogenated alkanes) is 3. The van der Waals surface area contributed by atoms with Crippen LogP contribution in [-0.4, -0.2) is 12.1 Å². The van der Waals surface area contributed by atoms with Crippen LogP contribution in [0.4, 0.5) is 0 Å². The van der Waals surface area contributed by atoms with E-state index in [0.29, 0.717) is 5.54 Å². The molecular formula is C16H35N. The van der Waals surface area contributed by atoms with Gasteiger partial charge in [0.15, 0.2) is 0 Å². The highest BCUT2D eigenvalue weighted by molar-refractivity contribution is 4.87. The van der Waals surface area contributed by atoms with Crippen LogP contribution in [0.1, 0.15) is 86.0 Å². The van der Waals surface area contributed by atoms with Crippen LogP contribution in [0.15, 0.2) is 0 Å². The Hall–Kier alpha value is -0.0400. The van der Waals surface area contributed by atoms with Crippen molar-refractivity contribution in [2.75, 3.05) is 6.54 Å². The average Bonchev–Trinajstić information content (AvgIpc) is 2.29. The number of nitrogens with one attached hydrogen (secondary N) is 1. The van der Waals surface area contributed by atoms with Crippen molar-refractivity contribution in [1.29, 1.82) is 0 Å². The highest BCUT2D eigenvalue weighted by atomic mass is 15.0. The molecule has 17 heavy (non-hydrogen) atoms. The predicted molar refractivity (Wildman–Crippen MR) is 79.5 cm³/mol. The van der Waals surface area contributed by atoms with Gasteiger partial charge in [-0.2, -0.15) is 0 Å². The molecule has 0 saturated heterocycles. The number of hydrogen-bond acceptors (Lipinski definition) is 1. The van der Waals surface area contributed by atoms with Crippen molar-refractivity contribution in [2.45, 2.75) is 91.5 Å². The molecule has 0 aliphatic rings. The molecule has 2 unspecified atom stereocenters. The predicted octanol–water partition coefficient (Wildman–Crippen LogP) is 5.15. The normalized spacial score (nSPS) is 16.8. The van der Waals surface area contributed by atoms with Crippen LogP contribution >= 0.6 is 0 Å². The summed E-state index contributed by atoms with van der Waals surface area (Å²) >= 11 is 0. The molecule has 0 fully saturated rings. The van der Waals surface area contributed by atoms with E-state index >= 15 is 0 Å². The van der Waals surface area contributed by atoms with E-state index in [4.69, 9.17) is 0 Å². The SMILES string of the molecule is CCCCCCNC(C)(CCC)C(C)CCC. The number of hydrogen-bond donors (Lipinski definition) is 1. The van der Waals surface area contributed by atoms with Crippen LogP contribution in [0.2, 0.25) is 0 Å². The van der Waals surface area contributed by atoms with Crippen molar-refractivity contribution in [3.8, 4) is 0 Å². The molecule has 2 atom stereocenters. The maximum Gasteiger partial charge on any atom is 0.0178 e. The van der Waals surface area contributed by atoms with Crippen LogP contribution in [0.25, 0.3) is 0 Å². The molecule has 0 spiro atoms. The Morgan fingerprint density at radius 1 is 0.941 bits per heavy atom. The Balaban J connectivity index is 4.02. The second kappa shape index (κ2) is 9.94. The van der Waals surface area contributed by atoms with Crippen LogP contribution < -0.4 is 5.32 Å². The first-order valence-corrected chi connectivity index (χ1v) is 7.85. The van der Waals surface area contributed by atoms with Gasteiger partial charge in [0, 0.05) is 5.54 Å². The van der Waals surface area contributed by atoms with Crippen molar-refractivity contribution >= 4 is 0 Å². The van der Waals surface area contributed by atoms with Crippen molar-refractivity contribution in [1.82, 2.24) is 5.32 Å². The minimum atomic E-state index is 0.358. The van der Waals surface area contributed by atoms with E-state index in [1.54, 1.807) is 0 Å². The molecule has 0 saturated carbocycles. The van der Waals surface area contributed by atoms with E-state index in [-0.39, 0.29) is 0 Å². The zero-order valence-electron chi connectivity index (χ0n) is 12.9. The van der Waals surface area contributed by atoms with Gasteiger partial charge in [0.25, 0.3) is 0 Å². The third-order valence-electron chi connectivity index (χ3n) is 4.14. The lowest BCUT2D eigenvalue weighted by Crippen LogP contribution is -2.48. The van der Waals surface area contributed by atoms with E-state index in [2.05, 4.69) is 39.9 Å². The maximum atomic E-state index is 3.84. The van der Waals surface area contributed by atoms with Crippen molar-refractivity contribution in [3.05, 3.63) is 0 Å². The molecule has 1 nitrogen and oxygen atoms in total. The summed E-state index contributed by atoms with van der Waals surface area (Å²) < 4.78 is 0. The van der Waals surface area contributed by atoms with Crippen molar-refractivity contribution in [3.63, 3.8) is 0 Å². The molecule has 0 radical (unpaired) electrons. The molecular weight excluding hydrogens is 206 g/mol. The second-order valence-electron chi connectivity index (χ2n) is 5.84. The molecule has 0 aromatic rings. The summed E-state index contributed by atoms with van der Waals surface area (Å²) in [6, 6.07) is 0. The minimum absolute atomic E-state index is 0.358. The monoisotopic (exact) mass is 241 g/mol. The van der Waals surface area contributed by atoms with Gasteiger partial charge in [-0.3, -0.25) is 0 Å². The van der Waals surface area contributed by atoms with E-state index in [9.17, 15) is 0 Å². The summed E-state index contributed by atoms with van der Waals surface area (Å²) in [4.78, 5) is 0. The zero-order chi connectivity index (χ0) is 13.1. The van der Waals surface area contributed by atoms with Gasteiger partial charge in [0.2, 0.25) is 0 Å². The summed E-state index contributed by atoms with van der Waals surface area (Å²) in [5, 5.41) is 3.84. The van der Waals surface area contributed by atoms with E-state index in [1.807, 2.05) is 0 Å². The summed E-state index contributed by atoms with van der Waals surface area (Å²) in [6.07, 6.45) is 10.7. The summed E-state index contributed by atoms with van der Waals surface area (Å²) in [7, 11) is 0. The fourth-order valence-corrected chi connectivity index (χ4v) is 2.71. The van der Waals surface area contributed by atoms with Gasteiger partial charge in [-0.05, 0) is 38.6 Å². The molecule has 1 N–H and O–H groups in total. The molecule has 0 aromatic heterocycles. The molecule has 0 rings (SSSR count). The first-order valence-electron chi connectivity index (χ1n) is 7.85. The Kier molecular flexibility index (Phi) is 9.91. The first kappa shape index (κ1) is 17.0. The van der Waals surface area contributed by atoms with Crippen LogP contribution in [0.3, 0.4) is 0 Å². The van der Waals surface area contributed by atoms with Gasteiger partial charge < -0.3 is 5.32 Å². The van der Waals surface area contributed by atoms with Crippen LogP contribution in [0.5, 0.6) is 0 Å². The Morgan fingerprint density at radius 2 is 1.65 bits per heavy atom. The average molecular weight is 241 g/mol. The van der Waals surface area contributed by atoms with Crippen LogP contribution in [0, 0.1) is 5.92 Å². The fourth-order valence-electron chi connectivity index (χ4n) is 2.71. The molecule has 0 aliphatic heterocycles. The number of rotatable bonds is 11. The standard InChI is InChI=1S/C16H35N/c1-6-9-10-11-14-17-16(5,13-8-3)15(4)12-7-2/h15,17H,6-14H2,1-5H3. The minimum Gasteiger partial charge on any atom is -0.311 e. The quantitative estimate of drug-likeness (QED) is 0.493. The highest BCUT2D eigenvalue weighted by Gasteiger charge is 2.28. The Labute approximate surface area is 110 Å². The molecule has 1 heteroatoms. The third-order valence-corrected chi connectivity index (χ3v) is 4.14. The molecule has 104 valence electrons. The summed E-state index contributed by atoms with van der Waals surface area (Å²) in [6.45, 7) is 12.9. The lowest BCUT2D eigenvalue weighted by Gasteiger charge is -2.37. The third kappa shape index (κ3) is 7.08. The molecule has 0 amide bonds. The Bertz CT molecular complexity index is 167. The van der Waals surface area contributed by atoms with Crippen molar-refractivity contribution < 1.29 is 0 Å². The largest absolute Gasteiger partial charge is 0.311 e. The van der Waals surface area contributed by atoms with E-state index in [0.717, 1.165) is 5.92 Å². The topological polar surface area (TPSA) is 12.0 Å². The smallest absolute Gasteiger partial charge is 0.0178 e. The molecule has 0 bridgehead atoms. The van der Waals surface area contributed by atoms with Gasteiger partial charge >= 0.3 is 0 Å². The molecule has 0 aliphatic carbocycles. The lowest BCUT2D eigenvalue weighted by atomic mass is 9.80. The molecule has 0 heterocycles. The lowest BCUT2D eigenvalue weighted by molar-refractivity contribution is 0.213. The zero-order valence-corrected chi connectivity index (χ0v) is 12.9. The van der Waals surface area contributed by atoms with E-state index < -0.39 is 0 Å². The van der Waals surface area contributed by atoms with Crippen LogP contribution in [-0.2, 0) is 0 Å². The van der Waals surface area contributed by atoms with Gasteiger partial charge in [-0.25, -0.2) is 0 Å². The van der Waals surface area contributed by atoms with E-state index in [1.165, 1.54) is 57.9 Å². The fraction of sp³-hybridized carbons (Fsp3) is 1.00. The second-order valence-corrected chi connectivity index (χ2v) is 5.84. The van der Waals surface area contributed by atoms with Crippen molar-refractivity contribution in [2.24, 2.45) is 5.92 Å². The maximum absolute atomic E-state index is 3.84.